The second kappa shape index (κ2) is 4.39. The molecule has 3 rings (SSSR count). The molecule has 1 aromatic rings. The van der Waals surface area contributed by atoms with Gasteiger partial charge < -0.3 is 15.4 Å². The fraction of sp³-hybridized carbons (Fsp3) is 0.538. The van der Waals surface area contributed by atoms with Crippen LogP contribution in [0.15, 0.2) is 18.2 Å². The lowest BCUT2D eigenvalue weighted by atomic mass is 9.91. The molecular weight excluding hydrogens is 238 g/mol. The SMILES string of the molecule is NC1CN(C2CCC2)c2cc(OC(F)F)ccc21. The van der Waals surface area contributed by atoms with Crippen molar-refractivity contribution in [1.29, 1.82) is 0 Å². The highest BCUT2D eigenvalue weighted by Gasteiger charge is 2.34. The van der Waals surface area contributed by atoms with E-state index >= 15 is 0 Å². The molecule has 1 aromatic carbocycles. The molecule has 18 heavy (non-hydrogen) atoms. The molecule has 1 unspecified atom stereocenters. The molecule has 1 saturated carbocycles. The third kappa shape index (κ3) is 1.92. The van der Waals surface area contributed by atoms with Gasteiger partial charge in [-0.1, -0.05) is 6.07 Å². The Balaban J connectivity index is 1.89. The normalized spacial score (nSPS) is 23.1. The van der Waals surface area contributed by atoms with Crippen molar-refractivity contribution in [1.82, 2.24) is 0 Å². The largest absolute Gasteiger partial charge is 0.435 e. The number of hydrogen-bond donors (Lipinski definition) is 1. The average molecular weight is 254 g/mol. The Kier molecular flexibility index (Phi) is 2.86. The highest BCUT2D eigenvalue weighted by Crippen LogP contribution is 2.41. The number of hydrogen-bond acceptors (Lipinski definition) is 3. The van der Waals surface area contributed by atoms with Crippen molar-refractivity contribution in [3.8, 4) is 5.75 Å². The first kappa shape index (κ1) is 11.7. The van der Waals surface area contributed by atoms with E-state index in [-0.39, 0.29) is 11.8 Å². The van der Waals surface area contributed by atoms with Gasteiger partial charge in [0, 0.05) is 30.4 Å². The maximum absolute atomic E-state index is 12.2. The number of halogens is 2. The molecule has 2 aliphatic rings. The molecule has 0 amide bonds. The molecule has 1 heterocycles. The van der Waals surface area contributed by atoms with E-state index in [4.69, 9.17) is 5.73 Å². The van der Waals surface area contributed by atoms with E-state index in [0.29, 0.717) is 6.04 Å². The summed E-state index contributed by atoms with van der Waals surface area (Å²) in [6, 6.07) is 5.54. The fourth-order valence-corrected chi connectivity index (χ4v) is 2.71. The van der Waals surface area contributed by atoms with Gasteiger partial charge in [-0.15, -0.1) is 0 Å². The third-order valence-corrected chi connectivity index (χ3v) is 3.84. The minimum Gasteiger partial charge on any atom is -0.435 e. The van der Waals surface area contributed by atoms with Crippen molar-refractivity contribution in [2.24, 2.45) is 5.73 Å². The molecule has 1 aliphatic carbocycles. The van der Waals surface area contributed by atoms with Crippen LogP contribution < -0.4 is 15.4 Å². The van der Waals surface area contributed by atoms with Crippen LogP contribution in [0.3, 0.4) is 0 Å². The van der Waals surface area contributed by atoms with Gasteiger partial charge in [0.25, 0.3) is 0 Å². The van der Waals surface area contributed by atoms with Crippen molar-refractivity contribution in [3.05, 3.63) is 23.8 Å². The summed E-state index contributed by atoms with van der Waals surface area (Å²) in [5.74, 6) is 0.210. The quantitative estimate of drug-likeness (QED) is 0.901. The number of fused-ring (bicyclic) bond motifs is 1. The number of nitrogens with zero attached hydrogens (tertiary/aromatic N) is 1. The minimum absolute atomic E-state index is 0.0267. The van der Waals surface area contributed by atoms with E-state index in [1.165, 1.54) is 6.42 Å². The highest BCUT2D eigenvalue weighted by atomic mass is 19.3. The standard InChI is InChI=1S/C13H16F2N2O/c14-13(15)18-9-4-5-10-11(16)7-17(12(10)6-9)8-2-1-3-8/h4-6,8,11,13H,1-3,7,16H2. The van der Waals surface area contributed by atoms with E-state index in [9.17, 15) is 8.78 Å². The van der Waals surface area contributed by atoms with E-state index in [2.05, 4.69) is 9.64 Å². The summed E-state index contributed by atoms with van der Waals surface area (Å²) in [7, 11) is 0. The first-order valence-corrected chi connectivity index (χ1v) is 6.26. The molecule has 0 spiro atoms. The maximum atomic E-state index is 12.2. The summed E-state index contributed by atoms with van der Waals surface area (Å²) in [6.07, 6.45) is 3.55. The molecule has 5 heteroatoms. The number of ether oxygens (including phenoxy) is 1. The zero-order valence-corrected chi connectivity index (χ0v) is 9.98. The van der Waals surface area contributed by atoms with E-state index < -0.39 is 6.61 Å². The zero-order valence-electron chi connectivity index (χ0n) is 9.98. The van der Waals surface area contributed by atoms with Crippen LogP contribution >= 0.6 is 0 Å². The van der Waals surface area contributed by atoms with E-state index in [0.717, 1.165) is 30.6 Å². The first-order chi connectivity index (χ1) is 8.65. The molecular formula is C13H16F2N2O. The van der Waals surface area contributed by atoms with Crippen LogP contribution in [-0.2, 0) is 0 Å². The van der Waals surface area contributed by atoms with Crippen LogP contribution in [0, 0.1) is 0 Å². The molecule has 1 fully saturated rings. The summed E-state index contributed by atoms with van der Waals surface area (Å²) in [5.41, 5.74) is 8.07. The number of alkyl halides is 2. The molecule has 1 aliphatic heterocycles. The van der Waals surface area contributed by atoms with Crippen LogP contribution in [0.2, 0.25) is 0 Å². The summed E-state index contributed by atoms with van der Waals surface area (Å²) in [4.78, 5) is 2.24. The number of anilines is 1. The van der Waals surface area contributed by atoms with Gasteiger partial charge in [0.15, 0.2) is 0 Å². The lowest BCUT2D eigenvalue weighted by Crippen LogP contribution is -2.40. The molecule has 98 valence electrons. The fourth-order valence-electron chi connectivity index (χ4n) is 2.71. The van der Waals surface area contributed by atoms with Gasteiger partial charge in [-0.25, -0.2) is 0 Å². The van der Waals surface area contributed by atoms with Gasteiger partial charge in [-0.05, 0) is 30.9 Å². The van der Waals surface area contributed by atoms with Crippen LogP contribution in [0.1, 0.15) is 30.9 Å². The van der Waals surface area contributed by atoms with Gasteiger partial charge >= 0.3 is 6.61 Å². The summed E-state index contributed by atoms with van der Waals surface area (Å²) >= 11 is 0. The molecule has 0 saturated heterocycles. The Hall–Kier alpha value is -1.36. The van der Waals surface area contributed by atoms with Gasteiger partial charge in [0.05, 0.1) is 0 Å². The van der Waals surface area contributed by atoms with E-state index in [1.807, 2.05) is 0 Å². The second-order valence-corrected chi connectivity index (χ2v) is 4.94. The second-order valence-electron chi connectivity index (χ2n) is 4.94. The Bertz CT molecular complexity index is 449. The molecule has 0 bridgehead atoms. The number of nitrogens with two attached hydrogens (primary N) is 1. The first-order valence-electron chi connectivity index (χ1n) is 6.26. The van der Waals surface area contributed by atoms with Crippen molar-refractivity contribution in [2.45, 2.75) is 38.0 Å². The molecule has 0 radical (unpaired) electrons. The molecule has 3 nitrogen and oxygen atoms in total. The average Bonchev–Trinajstić information content (AvgIpc) is 2.53. The summed E-state index contributed by atoms with van der Waals surface area (Å²) in [6.45, 7) is -2.01. The topological polar surface area (TPSA) is 38.5 Å². The highest BCUT2D eigenvalue weighted by molar-refractivity contribution is 5.63. The molecule has 0 aromatic heterocycles. The van der Waals surface area contributed by atoms with Gasteiger partial charge in [0.1, 0.15) is 5.75 Å². The Morgan fingerprint density at radius 3 is 2.72 bits per heavy atom. The Morgan fingerprint density at radius 1 is 1.33 bits per heavy atom. The smallest absolute Gasteiger partial charge is 0.387 e. The predicted molar refractivity (Wildman–Crippen MR) is 65.0 cm³/mol. The van der Waals surface area contributed by atoms with Crippen LogP contribution in [0.4, 0.5) is 14.5 Å². The zero-order chi connectivity index (χ0) is 12.7. The molecule has 1 atom stereocenters. The summed E-state index contributed by atoms with van der Waals surface area (Å²) in [5, 5.41) is 0. The minimum atomic E-state index is -2.78. The lowest BCUT2D eigenvalue weighted by Gasteiger charge is -2.36. The summed E-state index contributed by atoms with van der Waals surface area (Å²) < 4.78 is 28.9. The van der Waals surface area contributed by atoms with Crippen LogP contribution in [0.5, 0.6) is 5.75 Å². The van der Waals surface area contributed by atoms with Gasteiger partial charge in [0.2, 0.25) is 0 Å². The van der Waals surface area contributed by atoms with Crippen molar-refractivity contribution in [3.63, 3.8) is 0 Å². The van der Waals surface area contributed by atoms with Crippen LogP contribution in [0.25, 0.3) is 0 Å². The molecule has 2 N–H and O–H groups in total. The van der Waals surface area contributed by atoms with Crippen molar-refractivity contribution in [2.75, 3.05) is 11.4 Å². The van der Waals surface area contributed by atoms with Gasteiger partial charge in [-0.2, -0.15) is 8.78 Å². The lowest BCUT2D eigenvalue weighted by molar-refractivity contribution is -0.0498. The Morgan fingerprint density at radius 2 is 2.11 bits per heavy atom. The van der Waals surface area contributed by atoms with Crippen LogP contribution in [-0.4, -0.2) is 19.2 Å². The van der Waals surface area contributed by atoms with E-state index in [1.54, 1.807) is 18.2 Å². The number of benzene rings is 1. The van der Waals surface area contributed by atoms with Crippen molar-refractivity contribution < 1.29 is 13.5 Å². The Labute approximate surface area is 105 Å². The number of rotatable bonds is 3. The third-order valence-electron chi connectivity index (χ3n) is 3.84. The van der Waals surface area contributed by atoms with Crippen molar-refractivity contribution >= 4 is 5.69 Å². The monoisotopic (exact) mass is 254 g/mol. The van der Waals surface area contributed by atoms with Gasteiger partial charge in [-0.3, -0.25) is 0 Å². The maximum Gasteiger partial charge on any atom is 0.387 e. The predicted octanol–water partition coefficient (Wildman–Crippen LogP) is 2.66.